The van der Waals surface area contributed by atoms with Gasteiger partial charge in [-0.15, -0.1) is 10.2 Å². The molecule has 6 aromatic carbocycles. The maximum absolute atomic E-state index is 12.5. The Morgan fingerprint density at radius 1 is 0.562 bits per heavy atom. The average Bonchev–Trinajstić information content (AvgIpc) is 0.891. The molecule has 8 rings (SSSR count). The minimum absolute atomic E-state index is 0. The van der Waals surface area contributed by atoms with E-state index < -0.39 is 104 Å². The van der Waals surface area contributed by atoms with Crippen LogP contribution in [-0.4, -0.2) is 120 Å². The number of halogens is 2. The van der Waals surface area contributed by atoms with Crippen molar-refractivity contribution in [2.45, 2.75) is 44.4 Å². The summed E-state index contributed by atoms with van der Waals surface area (Å²) >= 11 is 12.5. The topological polar surface area (TPSA) is 511 Å². The van der Waals surface area contributed by atoms with Crippen LogP contribution < -0.4 is 185 Å². The molecule has 0 aliphatic heterocycles. The van der Waals surface area contributed by atoms with Gasteiger partial charge in [0.15, 0.2) is 0 Å². The van der Waals surface area contributed by atoms with Gasteiger partial charge in [0.1, 0.15) is 36.7 Å². The van der Waals surface area contributed by atoms with Crippen molar-refractivity contribution in [1.29, 1.82) is 0 Å². The van der Waals surface area contributed by atoms with Crippen LogP contribution in [0.15, 0.2) is 130 Å². The van der Waals surface area contributed by atoms with Crippen molar-refractivity contribution in [2.24, 2.45) is 26.2 Å². The van der Waals surface area contributed by atoms with E-state index in [2.05, 4.69) is 76.9 Å². The molecule has 89 heavy (non-hydrogen) atoms. The quantitative estimate of drug-likeness (QED) is 0.0192. The van der Waals surface area contributed by atoms with E-state index in [1.165, 1.54) is 49.6 Å². The molecule has 0 saturated heterocycles. The Morgan fingerprint density at radius 3 is 1.72 bits per heavy atom. The van der Waals surface area contributed by atoms with Gasteiger partial charge in [-0.25, -0.2) is 4.79 Å². The van der Waals surface area contributed by atoms with Crippen molar-refractivity contribution in [2.75, 3.05) is 40.2 Å². The van der Waals surface area contributed by atoms with Gasteiger partial charge in [0.25, 0.3) is 50.6 Å². The van der Waals surface area contributed by atoms with E-state index in [-0.39, 0.29) is 234 Å². The fourth-order valence-corrected chi connectivity index (χ4v) is 11.4. The zero-order valence-corrected chi connectivity index (χ0v) is 62.9. The molecular weight excluding hydrogens is 1370 g/mol. The third kappa shape index (κ3) is 20.7. The molecule has 12 N–H and O–H groups in total. The summed E-state index contributed by atoms with van der Waals surface area (Å²) < 4.78 is 177. The number of ether oxygens (including phenoxy) is 1. The molecule has 45 heteroatoms. The number of urea groups is 1. The van der Waals surface area contributed by atoms with E-state index in [4.69, 9.17) is 33.7 Å². The molecule has 1 atom stereocenters. The number of carbonyl (C=O) groups excluding carboxylic acids is 1. The fraction of sp³-hybridized carbons (Fsp3) is 0.114. The van der Waals surface area contributed by atoms with Crippen molar-refractivity contribution in [1.82, 2.24) is 29.9 Å². The summed E-state index contributed by atoms with van der Waals surface area (Å²) in [5, 5.41) is 28.2. The number of aryl methyl sites for hydroxylation is 1. The maximum Gasteiger partial charge on any atom is 1.00 e. The molecular formula is C44H38Cl2N16Na5O17S5+5. The summed E-state index contributed by atoms with van der Waals surface area (Å²) in [6, 6.07) is 13.3. The first-order valence-electron chi connectivity index (χ1n) is 22.8. The van der Waals surface area contributed by atoms with Crippen molar-refractivity contribution in [3.8, 4) is 5.75 Å². The number of anilines is 7. The third-order valence-electron chi connectivity index (χ3n) is 11.3. The van der Waals surface area contributed by atoms with Crippen LogP contribution in [0.4, 0.5) is 68.4 Å². The number of hydrogen-bond acceptors (Lipinski definition) is 26. The van der Waals surface area contributed by atoms with Crippen LogP contribution in [0.2, 0.25) is 10.6 Å². The molecule has 2 aromatic heterocycles. The third-order valence-corrected chi connectivity index (χ3v) is 16.0. The molecule has 0 radical (unpaired) electrons. The van der Waals surface area contributed by atoms with Crippen LogP contribution in [0, 0.1) is 6.92 Å². The van der Waals surface area contributed by atoms with Gasteiger partial charge in [0.2, 0.25) is 34.4 Å². The van der Waals surface area contributed by atoms with Gasteiger partial charge in [0, 0.05) is 40.5 Å². The van der Waals surface area contributed by atoms with Crippen molar-refractivity contribution in [3.05, 3.63) is 101 Å². The second-order valence-electron chi connectivity index (χ2n) is 17.3. The van der Waals surface area contributed by atoms with E-state index >= 15 is 0 Å². The van der Waals surface area contributed by atoms with E-state index in [1.807, 2.05) is 0 Å². The first-order chi connectivity index (χ1) is 39.1. The number of hydrogen-bond donors (Lipinski definition) is 11. The summed E-state index contributed by atoms with van der Waals surface area (Å²) in [6.07, 6.45) is 0. The summed E-state index contributed by atoms with van der Waals surface area (Å²) in [7, 11) is -24.0. The zero-order chi connectivity index (χ0) is 61.4. The van der Waals surface area contributed by atoms with Crippen molar-refractivity contribution in [3.63, 3.8) is 0 Å². The molecule has 2 amide bonds. The Bertz CT molecular complexity index is 4730. The molecule has 0 saturated carbocycles. The fourth-order valence-electron chi connectivity index (χ4n) is 7.70. The van der Waals surface area contributed by atoms with Crippen LogP contribution in [0.3, 0.4) is 0 Å². The summed E-state index contributed by atoms with van der Waals surface area (Å²) in [4.78, 5) is 32.7. The molecule has 1 unspecified atom stereocenters. The predicted octanol–water partition coefficient (Wildman–Crippen LogP) is -7.04. The van der Waals surface area contributed by atoms with E-state index in [0.717, 1.165) is 18.2 Å². The van der Waals surface area contributed by atoms with Gasteiger partial charge in [0.05, 0.1) is 34.8 Å². The number of methoxy groups -OCH3 is 1. The molecule has 440 valence electrons. The van der Waals surface area contributed by atoms with Crippen LogP contribution in [-0.2, 0) is 50.6 Å². The van der Waals surface area contributed by atoms with Crippen LogP contribution in [0.5, 0.6) is 5.75 Å². The maximum atomic E-state index is 12.5. The normalized spacial score (nSPS) is 12.2. The molecule has 2 heterocycles. The summed E-state index contributed by atoms with van der Waals surface area (Å²) in [5.74, 6) is -0.0511. The number of azo groups is 2. The van der Waals surface area contributed by atoms with E-state index in [1.54, 1.807) is 19.9 Å². The molecule has 0 bridgehead atoms. The van der Waals surface area contributed by atoms with Crippen molar-refractivity contribution < 1.29 is 222 Å². The van der Waals surface area contributed by atoms with Crippen LogP contribution >= 0.6 is 23.2 Å². The number of amides is 2. The number of rotatable bonds is 20. The number of nitrogens with zero attached hydrogens (tertiary/aromatic N) is 10. The van der Waals surface area contributed by atoms with Gasteiger partial charge in [-0.3, -0.25) is 22.8 Å². The van der Waals surface area contributed by atoms with Gasteiger partial charge in [-0.2, -0.15) is 82.2 Å². The Morgan fingerprint density at radius 2 is 1.12 bits per heavy atom. The number of benzene rings is 6. The largest absolute Gasteiger partial charge is 1.00 e. The van der Waals surface area contributed by atoms with Gasteiger partial charge < -0.3 is 37.1 Å². The second-order valence-corrected chi connectivity index (χ2v) is 24.9. The Labute approximate surface area is 626 Å². The molecule has 0 aliphatic carbocycles. The number of primary amides is 1. The molecule has 33 nitrogen and oxygen atoms in total. The van der Waals surface area contributed by atoms with Gasteiger partial charge in [-0.05, 0) is 115 Å². The minimum Gasteiger partial charge on any atom is -0.494 e. The Hall–Kier alpha value is -3.54. The number of carbonyl (C=O) groups is 1. The number of nitrogens with one attached hydrogen (secondary N) is 5. The van der Waals surface area contributed by atoms with Crippen LogP contribution in [0.1, 0.15) is 12.5 Å². The standard InChI is InChI=1S/C44H38Cl2N16O17S5.5Na/c1-19-9-31(33(79-3)17-29(19)61-59-23-12-27-25(35(14-23)82(70,71)72)5-4-6-34(27)81(67,68)69)52-44-56-38(45)53-41(57-44)48-18-20(2)49-42-54-39(46)55-43(58-42)50-22-7-8-28(30(13-22)51-40(47)63)60-62-32-16-26-21(11-37(32)84(76,77)78)10-24(80(64,65)66)15-36(26)83(73,74)75;;;;;/h4-17,20H,18H2,1-3H3,(H3,47,51,63)(H,64,65,66)(H,67,68,69)(H,70,71,72)(H,73,74,75)(H,76,77,78)(H2,48,52,53,56,57)(H2,49,50,54,55,58);;;;;/q;5*+1. The molecule has 8 aromatic rings. The summed E-state index contributed by atoms with van der Waals surface area (Å²) in [5.41, 5.74) is 5.22. The Balaban J connectivity index is 0.00000414. The smallest absolute Gasteiger partial charge is 0.494 e. The van der Waals surface area contributed by atoms with Gasteiger partial charge in [-0.1, -0.05) is 12.1 Å². The first kappa shape index (κ1) is 79.7. The van der Waals surface area contributed by atoms with E-state index in [0.29, 0.717) is 29.4 Å². The SMILES string of the molecule is COc1cc(N=Nc2cc(S(=O)(=O)O)c3cccc(S(=O)(=O)O)c3c2)c(C)cc1Nc1nc(Cl)nc(NCC(C)Nc2nc(Cl)nc(Nc3ccc(N=Nc4cc5c(S(=O)(=O)O)cc(S(=O)(=O)O)cc5cc4S(=O)(=O)O)c(NC(N)=O)c3)n2)n1.[Na+].[Na+].[Na+].[Na+].[Na+]. The zero-order valence-electron chi connectivity index (χ0n) is 47.3. The number of aromatic nitrogens is 6. The number of fused-ring (bicyclic) bond motifs is 2. The molecule has 0 spiro atoms. The Kier molecular flexibility index (Phi) is 28.7. The monoisotopic (exact) mass is 1410 g/mol. The second kappa shape index (κ2) is 32.1. The first-order valence-corrected chi connectivity index (χ1v) is 30.7. The van der Waals surface area contributed by atoms with Crippen LogP contribution in [0.25, 0.3) is 21.5 Å². The average molecular weight is 1410 g/mol. The van der Waals surface area contributed by atoms with Gasteiger partial charge >= 0.3 is 154 Å². The molecule has 0 aliphatic rings. The number of nitrogens with two attached hydrogens (primary N) is 1. The molecule has 0 fully saturated rings. The van der Waals surface area contributed by atoms with Crippen molar-refractivity contribution >= 4 is 165 Å². The predicted molar refractivity (Wildman–Crippen MR) is 301 cm³/mol. The minimum atomic E-state index is -5.25. The summed E-state index contributed by atoms with van der Waals surface area (Å²) in [6.45, 7) is 3.45. The van der Waals surface area contributed by atoms with E-state index in [9.17, 15) is 69.6 Å².